The third kappa shape index (κ3) is 12.9. The number of nitrogens with one attached hydrogen (secondary N) is 4. The predicted octanol–water partition coefficient (Wildman–Crippen LogP) is 17.5. The first-order chi connectivity index (χ1) is 32.7. The molecule has 9 aromatic rings. The maximum Gasteiger partial charge on any atom is 0.118 e. The number of nitrogens with zero attached hydrogens (tertiary/aromatic N) is 2. The molecular formula is C54H44Cl4N6S4. The molecule has 0 aliphatic rings. The number of aromatic nitrogens is 3. The van der Waals surface area contributed by atoms with E-state index in [-0.39, 0.29) is 0 Å². The van der Waals surface area contributed by atoms with E-state index in [1.54, 1.807) is 12.4 Å². The lowest BCUT2D eigenvalue weighted by atomic mass is 10.1. The molecule has 0 fully saturated rings. The Morgan fingerprint density at radius 2 is 1.06 bits per heavy atom. The van der Waals surface area contributed by atoms with Gasteiger partial charge < -0.3 is 25.5 Å². The Morgan fingerprint density at radius 1 is 0.529 bits per heavy atom. The van der Waals surface area contributed by atoms with Crippen LogP contribution in [0.2, 0.25) is 20.1 Å². The van der Waals surface area contributed by atoms with Crippen LogP contribution in [0.3, 0.4) is 0 Å². The standard InChI is InChI=1S/C20H19ClN2S.C18H15ClN2S.C16H10Cl2N2S2/c1-12-6-4-5-7-18(12)23-15-8-9-16(17(21)11-15)20(24)19-13(2)10-14(3)22-19;1-13-6-2-3-7-17(13)20-14-8-9-15(16(19)12-14)18(22)21-10-4-5-11-21;17-13-5-7-22-16(13)15(21)12-4-3-10(8-14(12)18)20-11-2-1-6-19-9-11/h4-11,22-23H,1-3H3;2-12,20H,1H3;1-9,20H. The Morgan fingerprint density at radius 3 is 1.53 bits per heavy atom. The van der Waals surface area contributed by atoms with Crippen molar-refractivity contribution in [3.05, 3.63) is 239 Å². The summed E-state index contributed by atoms with van der Waals surface area (Å²) in [6, 6.07) is 45.3. The maximum absolute atomic E-state index is 6.50. The fourth-order valence-electron chi connectivity index (χ4n) is 6.95. The number of hydrogen-bond donors (Lipinski definition) is 4. The van der Waals surface area contributed by atoms with Crippen LogP contribution in [0.15, 0.2) is 170 Å². The van der Waals surface area contributed by atoms with E-state index in [9.17, 15) is 0 Å². The molecule has 0 saturated carbocycles. The molecule has 0 radical (unpaired) electrons. The lowest BCUT2D eigenvalue weighted by molar-refractivity contribution is 1.19. The van der Waals surface area contributed by atoms with Crippen LogP contribution in [0, 0.1) is 27.7 Å². The van der Waals surface area contributed by atoms with Crippen molar-refractivity contribution < 1.29 is 0 Å². The topological polar surface area (TPSA) is 69.7 Å². The first kappa shape index (κ1) is 50.2. The van der Waals surface area contributed by atoms with E-state index < -0.39 is 0 Å². The second-order valence-corrected chi connectivity index (χ2v) is 19.2. The molecule has 14 heteroatoms. The molecule has 0 spiro atoms. The zero-order valence-electron chi connectivity index (χ0n) is 37.2. The van der Waals surface area contributed by atoms with Crippen molar-refractivity contribution in [3.63, 3.8) is 0 Å². The minimum absolute atomic E-state index is 0.586. The number of pyridine rings is 1. The van der Waals surface area contributed by atoms with Gasteiger partial charge in [0.05, 0.1) is 52.3 Å². The van der Waals surface area contributed by atoms with Crippen molar-refractivity contribution in [1.82, 2.24) is 14.5 Å². The quantitative estimate of drug-likeness (QED) is 0.0760. The van der Waals surface area contributed by atoms with E-state index >= 15 is 0 Å². The third-order valence-corrected chi connectivity index (χ3v) is 14.2. The molecule has 5 aromatic carbocycles. The van der Waals surface area contributed by atoms with E-state index in [2.05, 4.69) is 58.0 Å². The normalized spacial score (nSPS) is 10.5. The van der Waals surface area contributed by atoms with Gasteiger partial charge in [-0.1, -0.05) is 119 Å². The number of aromatic amines is 1. The van der Waals surface area contributed by atoms with Crippen molar-refractivity contribution in [1.29, 1.82) is 0 Å². The lowest BCUT2D eigenvalue weighted by Gasteiger charge is -2.12. The summed E-state index contributed by atoms with van der Waals surface area (Å²) in [7, 11) is 0. The summed E-state index contributed by atoms with van der Waals surface area (Å²) in [5, 5.41) is 14.5. The molecule has 0 aliphatic heterocycles. The van der Waals surface area contributed by atoms with Crippen LogP contribution in [0.4, 0.5) is 34.1 Å². The van der Waals surface area contributed by atoms with Gasteiger partial charge in [-0.3, -0.25) is 4.98 Å². The number of aryl methyl sites for hydroxylation is 4. The van der Waals surface area contributed by atoms with Crippen LogP contribution in [0.5, 0.6) is 0 Å². The van der Waals surface area contributed by atoms with Crippen LogP contribution in [0.25, 0.3) is 0 Å². The average Bonchev–Trinajstić information content (AvgIpc) is 4.10. The number of hydrogen-bond acceptors (Lipinski definition) is 8. The Labute approximate surface area is 437 Å². The Hall–Kier alpha value is -5.66. The van der Waals surface area contributed by atoms with Gasteiger partial charge in [-0.05, 0) is 153 Å². The van der Waals surface area contributed by atoms with Crippen molar-refractivity contribution >= 4 is 143 Å². The lowest BCUT2D eigenvalue weighted by Crippen LogP contribution is -2.08. The van der Waals surface area contributed by atoms with Gasteiger partial charge in [0.25, 0.3) is 0 Å². The summed E-state index contributed by atoms with van der Waals surface area (Å²) in [4.78, 5) is 10.3. The van der Waals surface area contributed by atoms with Crippen molar-refractivity contribution in [2.45, 2.75) is 27.7 Å². The molecule has 68 heavy (non-hydrogen) atoms. The van der Waals surface area contributed by atoms with Crippen LogP contribution in [-0.2, 0) is 0 Å². The van der Waals surface area contributed by atoms with Gasteiger partial charge in [-0.25, -0.2) is 0 Å². The molecule has 0 saturated heterocycles. The number of rotatable bonds is 11. The zero-order chi connectivity index (χ0) is 48.3. The highest BCUT2D eigenvalue weighted by Crippen LogP contribution is 2.32. The smallest absolute Gasteiger partial charge is 0.118 e. The molecule has 342 valence electrons. The predicted molar refractivity (Wildman–Crippen MR) is 304 cm³/mol. The van der Waals surface area contributed by atoms with Gasteiger partial charge in [0.1, 0.15) is 4.99 Å². The molecule has 6 nitrogen and oxygen atoms in total. The SMILES string of the molecule is Cc1cc(C)c(C(=S)c2ccc(Nc3ccccc3C)cc2Cl)[nH]1.Cc1ccccc1Nc1ccc(C(=S)n2cccc2)c(Cl)c1.S=C(c1ccc(Nc2cccnc2)cc1Cl)c1sccc1Cl. The van der Waals surface area contributed by atoms with Gasteiger partial charge in [-0.2, -0.15) is 0 Å². The summed E-state index contributed by atoms with van der Waals surface area (Å²) in [5.74, 6) is 0. The minimum Gasteiger partial charge on any atom is -0.358 e. The summed E-state index contributed by atoms with van der Waals surface area (Å²) in [6.45, 7) is 8.21. The Balaban J connectivity index is 0.000000151. The fraction of sp³-hybridized carbons (Fsp3) is 0.0741. The summed E-state index contributed by atoms with van der Waals surface area (Å²) in [5.41, 5.74) is 13.9. The van der Waals surface area contributed by atoms with E-state index in [1.807, 2.05) is 158 Å². The summed E-state index contributed by atoms with van der Waals surface area (Å²) >= 11 is 43.5. The highest BCUT2D eigenvalue weighted by molar-refractivity contribution is 7.82. The van der Waals surface area contributed by atoms with Crippen molar-refractivity contribution in [3.8, 4) is 0 Å². The van der Waals surface area contributed by atoms with Gasteiger partial charge in [0.2, 0.25) is 0 Å². The highest BCUT2D eigenvalue weighted by Gasteiger charge is 2.16. The van der Waals surface area contributed by atoms with Gasteiger partial charge in [-0.15, -0.1) is 11.3 Å². The Kier molecular flexibility index (Phi) is 17.4. The van der Waals surface area contributed by atoms with E-state index in [1.165, 1.54) is 22.5 Å². The van der Waals surface area contributed by atoms with E-state index in [4.69, 9.17) is 83.1 Å². The molecule has 0 amide bonds. The van der Waals surface area contributed by atoms with Crippen LogP contribution >= 0.6 is 94.4 Å². The molecule has 4 heterocycles. The van der Waals surface area contributed by atoms with Crippen molar-refractivity contribution in [2.75, 3.05) is 16.0 Å². The third-order valence-electron chi connectivity index (χ3n) is 10.5. The fourth-order valence-corrected chi connectivity index (χ4v) is 10.2. The minimum atomic E-state index is 0.586. The second kappa shape index (κ2) is 23.6. The maximum atomic E-state index is 6.50. The number of thiocarbonyl (C=S) groups is 3. The molecule has 9 rings (SSSR count). The Bertz CT molecular complexity index is 3220. The number of H-pyrrole nitrogens is 1. The van der Waals surface area contributed by atoms with E-state index in [0.717, 1.165) is 77.5 Å². The number of benzene rings is 5. The molecule has 0 atom stereocenters. The molecular weight excluding hydrogens is 1000 g/mol. The molecule has 0 bridgehead atoms. The second-order valence-electron chi connectivity index (χ2n) is 15.5. The molecule has 4 aromatic heterocycles. The first-order valence-corrected chi connectivity index (χ1v) is 24.7. The van der Waals surface area contributed by atoms with Gasteiger partial charge in [0, 0.05) is 69.4 Å². The largest absolute Gasteiger partial charge is 0.358 e. The van der Waals surface area contributed by atoms with E-state index in [0.29, 0.717) is 29.9 Å². The molecule has 4 N–H and O–H groups in total. The zero-order valence-corrected chi connectivity index (χ0v) is 43.5. The van der Waals surface area contributed by atoms with Crippen LogP contribution < -0.4 is 16.0 Å². The highest BCUT2D eigenvalue weighted by atomic mass is 35.5. The first-order valence-electron chi connectivity index (χ1n) is 21.1. The molecule has 0 unspecified atom stereocenters. The average molecular weight is 1050 g/mol. The van der Waals surface area contributed by atoms with Crippen LogP contribution in [0.1, 0.15) is 49.6 Å². The summed E-state index contributed by atoms with van der Waals surface area (Å²) < 4.78 is 1.88. The van der Waals surface area contributed by atoms with Crippen LogP contribution in [-0.4, -0.2) is 29.3 Å². The molecule has 0 aliphatic carbocycles. The number of thiophene rings is 1. The monoisotopic (exact) mass is 1040 g/mol. The number of para-hydroxylation sites is 2. The van der Waals surface area contributed by atoms with Crippen molar-refractivity contribution in [2.24, 2.45) is 0 Å². The number of anilines is 6. The summed E-state index contributed by atoms with van der Waals surface area (Å²) in [6.07, 6.45) is 7.30. The van der Waals surface area contributed by atoms with Gasteiger partial charge in [0.15, 0.2) is 0 Å². The van der Waals surface area contributed by atoms with Gasteiger partial charge >= 0.3 is 0 Å². The number of halogens is 4.